The van der Waals surface area contributed by atoms with E-state index >= 15 is 0 Å². The van der Waals surface area contributed by atoms with Gasteiger partial charge in [0.2, 0.25) is 0 Å². The Morgan fingerprint density at radius 2 is 2.62 bits per heavy atom. The number of nitrogens with zero attached hydrogens (tertiary/aromatic N) is 1. The van der Waals surface area contributed by atoms with E-state index in [1.165, 1.54) is 6.08 Å². The van der Waals surface area contributed by atoms with Crippen LogP contribution in [0.1, 0.15) is 12.6 Å². The molecule has 0 spiro atoms. The van der Waals surface area contributed by atoms with Gasteiger partial charge in [0.15, 0.2) is 5.78 Å². The maximum Gasteiger partial charge on any atom is 0.172 e. The highest BCUT2D eigenvalue weighted by molar-refractivity contribution is 5.94. The molecule has 1 aromatic heterocycles. The van der Waals surface area contributed by atoms with Crippen LogP contribution in [0.15, 0.2) is 24.7 Å². The number of nitrogens with two attached hydrogens (primary N) is 1. The molecule has 1 heterocycles. The number of allylic oxidation sites excluding steroid dienone is 1. The summed E-state index contributed by atoms with van der Waals surface area (Å²) in [7, 11) is 0. The van der Waals surface area contributed by atoms with Crippen LogP contribution in [0.2, 0.25) is 0 Å². The molecule has 0 aromatic carbocycles. The largest absolute Gasteiger partial charge is 0.348 e. The van der Waals surface area contributed by atoms with E-state index in [0.29, 0.717) is 6.42 Å². The minimum atomic E-state index is -0.475. The second-order valence-corrected chi connectivity index (χ2v) is 2.79. The van der Waals surface area contributed by atoms with E-state index in [0.717, 1.165) is 5.69 Å². The summed E-state index contributed by atoms with van der Waals surface area (Å²) in [6, 6.07) is -0.475. The summed E-state index contributed by atoms with van der Waals surface area (Å²) in [5, 5.41) is 0. The van der Waals surface area contributed by atoms with Gasteiger partial charge in [-0.25, -0.2) is 4.98 Å². The van der Waals surface area contributed by atoms with Crippen LogP contribution in [0, 0.1) is 0 Å². The first-order valence-corrected chi connectivity index (χ1v) is 4.13. The van der Waals surface area contributed by atoms with Gasteiger partial charge in [-0.1, -0.05) is 6.08 Å². The minimum Gasteiger partial charge on any atom is -0.348 e. The fourth-order valence-corrected chi connectivity index (χ4v) is 1.02. The summed E-state index contributed by atoms with van der Waals surface area (Å²) in [6.45, 7) is 1.79. The molecule has 4 nitrogen and oxygen atoms in total. The number of carbonyl (C=O) groups is 1. The summed E-state index contributed by atoms with van der Waals surface area (Å²) >= 11 is 0. The van der Waals surface area contributed by atoms with E-state index < -0.39 is 6.04 Å². The number of H-pyrrole nitrogens is 1. The van der Waals surface area contributed by atoms with Crippen molar-refractivity contribution < 1.29 is 4.79 Å². The van der Waals surface area contributed by atoms with Gasteiger partial charge in [0.1, 0.15) is 0 Å². The molecular formula is C9H13N3O. The van der Waals surface area contributed by atoms with Crippen molar-refractivity contribution in [1.29, 1.82) is 0 Å². The van der Waals surface area contributed by atoms with Gasteiger partial charge >= 0.3 is 0 Å². The summed E-state index contributed by atoms with van der Waals surface area (Å²) in [5.41, 5.74) is 6.53. The van der Waals surface area contributed by atoms with Gasteiger partial charge in [-0.2, -0.15) is 0 Å². The predicted octanol–water partition coefficient (Wildman–Crippen LogP) is 0.425. The fraction of sp³-hybridized carbons (Fsp3) is 0.333. The summed E-state index contributed by atoms with van der Waals surface area (Å²) < 4.78 is 0. The van der Waals surface area contributed by atoms with Crippen molar-refractivity contribution >= 4 is 5.78 Å². The molecule has 1 rings (SSSR count). The van der Waals surface area contributed by atoms with E-state index in [1.54, 1.807) is 25.5 Å². The Morgan fingerprint density at radius 1 is 1.85 bits per heavy atom. The van der Waals surface area contributed by atoms with Crippen molar-refractivity contribution in [3.8, 4) is 0 Å². The topological polar surface area (TPSA) is 71.8 Å². The lowest BCUT2D eigenvalue weighted by Gasteiger charge is -2.04. The fourth-order valence-electron chi connectivity index (χ4n) is 1.02. The highest BCUT2D eigenvalue weighted by atomic mass is 16.1. The smallest absolute Gasteiger partial charge is 0.172 e. The monoisotopic (exact) mass is 179 g/mol. The number of hydrogen-bond donors (Lipinski definition) is 2. The maximum absolute atomic E-state index is 11.2. The Bertz CT molecular complexity index is 290. The average molecular weight is 179 g/mol. The molecular weight excluding hydrogens is 166 g/mol. The van der Waals surface area contributed by atoms with Crippen molar-refractivity contribution in [3.05, 3.63) is 30.4 Å². The molecule has 4 heteroatoms. The number of carbonyl (C=O) groups excluding carboxylic acids is 1. The molecule has 0 amide bonds. The number of imidazole rings is 1. The van der Waals surface area contributed by atoms with Gasteiger partial charge in [0.25, 0.3) is 0 Å². The Labute approximate surface area is 76.9 Å². The zero-order valence-electron chi connectivity index (χ0n) is 7.53. The lowest BCUT2D eigenvalue weighted by molar-refractivity contribution is -0.115. The Morgan fingerprint density at radius 3 is 3.15 bits per heavy atom. The standard InChI is InChI=1S/C9H13N3O/c1-2-3-9(13)8(10)4-7-5-11-6-12-7/h2-3,5-6,8H,4,10H2,1H3,(H,11,12)/b3-2+/t8-/m0/s1. The van der Waals surface area contributed by atoms with Crippen LogP contribution in [0.5, 0.6) is 0 Å². The van der Waals surface area contributed by atoms with Crippen LogP contribution >= 0.6 is 0 Å². The van der Waals surface area contributed by atoms with Gasteiger partial charge in [-0.3, -0.25) is 4.79 Å². The van der Waals surface area contributed by atoms with Crippen molar-refractivity contribution in [2.75, 3.05) is 0 Å². The Kier molecular flexibility index (Phi) is 3.40. The van der Waals surface area contributed by atoms with Gasteiger partial charge < -0.3 is 10.7 Å². The molecule has 0 aliphatic heterocycles. The van der Waals surface area contributed by atoms with Crippen molar-refractivity contribution in [2.24, 2.45) is 5.73 Å². The molecule has 0 bridgehead atoms. The first kappa shape index (κ1) is 9.67. The summed E-state index contributed by atoms with van der Waals surface area (Å²) in [5.74, 6) is -0.0582. The van der Waals surface area contributed by atoms with Crippen LogP contribution in [0.25, 0.3) is 0 Å². The molecule has 0 aliphatic carbocycles. The zero-order valence-corrected chi connectivity index (χ0v) is 7.53. The van der Waals surface area contributed by atoms with Gasteiger partial charge in [-0.05, 0) is 13.0 Å². The molecule has 13 heavy (non-hydrogen) atoms. The molecule has 0 saturated carbocycles. The lowest BCUT2D eigenvalue weighted by atomic mass is 10.1. The second-order valence-electron chi connectivity index (χ2n) is 2.79. The van der Waals surface area contributed by atoms with Gasteiger partial charge in [0, 0.05) is 18.3 Å². The highest BCUT2D eigenvalue weighted by Gasteiger charge is 2.11. The van der Waals surface area contributed by atoms with Crippen LogP contribution in [-0.4, -0.2) is 21.8 Å². The quantitative estimate of drug-likeness (QED) is 0.658. The predicted molar refractivity (Wildman–Crippen MR) is 50.1 cm³/mol. The van der Waals surface area contributed by atoms with Gasteiger partial charge in [0.05, 0.1) is 12.4 Å². The molecule has 1 atom stereocenters. The van der Waals surface area contributed by atoms with E-state index in [4.69, 9.17) is 5.73 Å². The molecule has 0 unspecified atom stereocenters. The number of hydrogen-bond acceptors (Lipinski definition) is 3. The van der Waals surface area contributed by atoms with Crippen molar-refractivity contribution in [2.45, 2.75) is 19.4 Å². The Balaban J connectivity index is 2.50. The maximum atomic E-state index is 11.2. The first-order valence-electron chi connectivity index (χ1n) is 4.13. The molecule has 0 aliphatic rings. The zero-order chi connectivity index (χ0) is 9.68. The minimum absolute atomic E-state index is 0.0582. The highest BCUT2D eigenvalue weighted by Crippen LogP contribution is 1.97. The molecule has 1 aromatic rings. The van der Waals surface area contributed by atoms with E-state index in [2.05, 4.69) is 9.97 Å². The van der Waals surface area contributed by atoms with Crippen LogP contribution in [0.4, 0.5) is 0 Å². The molecule has 3 N–H and O–H groups in total. The van der Waals surface area contributed by atoms with Crippen molar-refractivity contribution in [1.82, 2.24) is 9.97 Å². The third-order valence-electron chi connectivity index (χ3n) is 1.69. The summed E-state index contributed by atoms with van der Waals surface area (Å²) in [4.78, 5) is 18.0. The lowest BCUT2D eigenvalue weighted by Crippen LogP contribution is -2.31. The SMILES string of the molecule is C/C=C/C(=O)[C@@H](N)Cc1cnc[nH]1. The van der Waals surface area contributed by atoms with E-state index in [-0.39, 0.29) is 5.78 Å². The molecule has 0 radical (unpaired) electrons. The number of aromatic amines is 1. The normalized spacial score (nSPS) is 13.4. The second kappa shape index (κ2) is 4.57. The van der Waals surface area contributed by atoms with Crippen LogP contribution < -0.4 is 5.73 Å². The van der Waals surface area contributed by atoms with Crippen molar-refractivity contribution in [3.63, 3.8) is 0 Å². The number of ketones is 1. The van der Waals surface area contributed by atoms with Crippen LogP contribution in [0.3, 0.4) is 0 Å². The molecule has 0 saturated heterocycles. The molecule has 0 fully saturated rings. The third-order valence-corrected chi connectivity index (χ3v) is 1.69. The summed E-state index contributed by atoms with van der Waals surface area (Å²) in [6.07, 6.45) is 6.92. The van der Waals surface area contributed by atoms with E-state index in [9.17, 15) is 4.79 Å². The van der Waals surface area contributed by atoms with Crippen LogP contribution in [-0.2, 0) is 11.2 Å². The average Bonchev–Trinajstić information content (AvgIpc) is 2.57. The number of aromatic nitrogens is 2. The Hall–Kier alpha value is -1.42. The van der Waals surface area contributed by atoms with Gasteiger partial charge in [-0.15, -0.1) is 0 Å². The first-order chi connectivity index (χ1) is 6.24. The molecule has 70 valence electrons. The number of nitrogens with one attached hydrogen (secondary N) is 1. The number of rotatable bonds is 4. The third kappa shape index (κ3) is 2.83. The van der Waals surface area contributed by atoms with E-state index in [1.807, 2.05) is 0 Å².